The number of anilines is 1. The van der Waals surface area contributed by atoms with Crippen LogP contribution in [0.1, 0.15) is 0 Å². The molecule has 27 heavy (non-hydrogen) atoms. The quantitative estimate of drug-likeness (QED) is 0.167. The van der Waals surface area contributed by atoms with Crippen LogP contribution in [0.25, 0.3) is 11.3 Å². The first-order valence-electron chi connectivity index (χ1n) is 7.92. The molecule has 0 unspecified atom stereocenters. The maximum Gasteiger partial charge on any atom is 0.403 e. The Hall–Kier alpha value is -4.13. The third-order valence-electron chi connectivity index (χ3n) is 3.33. The number of benzene rings is 1. The maximum absolute atomic E-state index is 11.8. The summed E-state index contributed by atoms with van der Waals surface area (Å²) in [7, 11) is 0. The summed E-state index contributed by atoms with van der Waals surface area (Å²) in [6.07, 6.45) is 5.04. The molecule has 136 valence electrons. The Bertz CT molecular complexity index is 936. The first-order valence-corrected chi connectivity index (χ1v) is 7.92. The number of nitrogens with one attached hydrogen (secondary N) is 2. The van der Waals surface area contributed by atoms with E-state index in [9.17, 15) is 5.21 Å². The predicted octanol–water partition coefficient (Wildman–Crippen LogP) is 1.29. The Kier molecular flexibility index (Phi) is 5.77. The molecule has 10 nitrogen and oxygen atoms in total. The molecule has 0 saturated heterocycles. The van der Waals surface area contributed by atoms with E-state index in [4.69, 9.17) is 10.00 Å². The maximum atomic E-state index is 11.8. The van der Waals surface area contributed by atoms with Crippen LogP contribution in [0.4, 0.5) is 5.69 Å². The Balaban J connectivity index is 1.62. The van der Waals surface area contributed by atoms with Gasteiger partial charge < -0.3 is 15.3 Å². The van der Waals surface area contributed by atoms with E-state index in [-0.39, 0.29) is 30.7 Å². The molecular weight excluding hydrogens is 350 g/mol. The number of pyridine rings is 1. The highest BCUT2D eigenvalue weighted by atomic mass is 16.8. The number of rotatable bonds is 6. The molecule has 2 N–H and O–H groups in total. The van der Waals surface area contributed by atoms with Crippen LogP contribution in [0.15, 0.2) is 64.5 Å². The predicted molar refractivity (Wildman–Crippen MR) is 95.3 cm³/mol. The van der Waals surface area contributed by atoms with E-state index in [1.807, 2.05) is 6.07 Å². The normalized spacial score (nSPS) is 10.9. The van der Waals surface area contributed by atoms with Crippen molar-refractivity contribution in [3.8, 4) is 23.3 Å². The smallest absolute Gasteiger partial charge is 0.403 e. The molecule has 2 heterocycles. The van der Waals surface area contributed by atoms with Gasteiger partial charge in [0.2, 0.25) is 5.96 Å². The molecule has 0 amide bonds. The Morgan fingerprint density at radius 2 is 2.15 bits per heavy atom. The van der Waals surface area contributed by atoms with Crippen molar-refractivity contribution < 1.29 is 14.3 Å². The minimum Gasteiger partial charge on any atom is -0.453 e. The second-order valence-electron chi connectivity index (χ2n) is 5.13. The van der Waals surface area contributed by atoms with E-state index >= 15 is 0 Å². The Morgan fingerprint density at radius 1 is 1.30 bits per heavy atom. The second kappa shape index (κ2) is 8.82. The van der Waals surface area contributed by atoms with Crippen molar-refractivity contribution in [2.75, 3.05) is 18.5 Å². The van der Waals surface area contributed by atoms with Crippen LogP contribution in [0, 0.1) is 16.7 Å². The zero-order chi connectivity index (χ0) is 18.9. The van der Waals surface area contributed by atoms with Crippen LogP contribution < -0.4 is 20.3 Å². The molecule has 0 spiro atoms. The topological polar surface area (TPSA) is 135 Å². The summed E-state index contributed by atoms with van der Waals surface area (Å²) < 4.78 is 10.1. The molecule has 10 heteroatoms. The van der Waals surface area contributed by atoms with Crippen LogP contribution in [0.3, 0.4) is 0 Å². The molecule has 0 fully saturated rings. The van der Waals surface area contributed by atoms with Crippen LogP contribution in [-0.4, -0.2) is 29.3 Å². The molecular formula is C17H15N7O3. The highest BCUT2D eigenvalue weighted by Crippen LogP contribution is 2.24. The lowest BCUT2D eigenvalue weighted by molar-refractivity contribution is -0.793. The van der Waals surface area contributed by atoms with Crippen molar-refractivity contribution in [2.45, 2.75) is 0 Å². The van der Waals surface area contributed by atoms with E-state index in [1.165, 1.54) is 0 Å². The minimum absolute atomic E-state index is 0.0708. The van der Waals surface area contributed by atoms with Crippen LogP contribution in [-0.2, 0) is 0 Å². The lowest BCUT2D eigenvalue weighted by Crippen LogP contribution is -2.27. The number of hydrogen-bond donors (Lipinski definition) is 2. The fourth-order valence-corrected chi connectivity index (χ4v) is 2.19. The van der Waals surface area contributed by atoms with E-state index in [2.05, 4.69) is 30.4 Å². The Morgan fingerprint density at radius 3 is 2.89 bits per heavy atom. The number of aromatic nitrogens is 3. The van der Waals surface area contributed by atoms with Gasteiger partial charge in [0.1, 0.15) is 6.61 Å². The summed E-state index contributed by atoms with van der Waals surface area (Å²) in [6, 6.07) is 12.5. The molecule has 0 atom stereocenters. The Labute approximate surface area is 154 Å². The summed E-state index contributed by atoms with van der Waals surface area (Å²) in [5.74, 6) is 0.317. The summed E-state index contributed by atoms with van der Waals surface area (Å²) in [4.78, 5) is 8.47. The third-order valence-corrected chi connectivity index (χ3v) is 3.33. The summed E-state index contributed by atoms with van der Waals surface area (Å²) in [5, 5.41) is 29.6. The number of hydrogen-bond acceptors (Lipinski definition) is 7. The molecule has 2 aromatic heterocycles. The van der Waals surface area contributed by atoms with Crippen LogP contribution in [0.5, 0.6) is 5.88 Å². The number of ether oxygens (including phenoxy) is 1. The highest BCUT2D eigenvalue weighted by Gasteiger charge is 2.22. The van der Waals surface area contributed by atoms with E-state index in [1.54, 1.807) is 55.0 Å². The van der Waals surface area contributed by atoms with E-state index < -0.39 is 0 Å². The molecule has 0 aliphatic heterocycles. The largest absolute Gasteiger partial charge is 0.453 e. The molecule has 0 aliphatic carbocycles. The first-order chi connectivity index (χ1) is 13.3. The van der Waals surface area contributed by atoms with Gasteiger partial charge in [0.25, 0.3) is 5.69 Å². The molecule has 1 aromatic carbocycles. The van der Waals surface area contributed by atoms with Gasteiger partial charge in [-0.2, -0.15) is 5.26 Å². The summed E-state index contributed by atoms with van der Waals surface area (Å²) in [6.45, 7) is 0.328. The molecule has 0 aliphatic rings. The van der Waals surface area contributed by atoms with E-state index in [0.717, 1.165) is 0 Å². The van der Waals surface area contributed by atoms with Crippen molar-refractivity contribution in [1.82, 2.24) is 15.5 Å². The summed E-state index contributed by atoms with van der Waals surface area (Å²) in [5.41, 5.74) is 1.48. The summed E-state index contributed by atoms with van der Waals surface area (Å²) >= 11 is 0. The molecule has 3 rings (SSSR count). The van der Waals surface area contributed by atoms with Crippen molar-refractivity contribution in [2.24, 2.45) is 4.99 Å². The lowest BCUT2D eigenvalue weighted by Gasteiger charge is -2.07. The number of nitriles is 1. The van der Waals surface area contributed by atoms with Crippen molar-refractivity contribution in [1.29, 1.82) is 5.26 Å². The van der Waals surface area contributed by atoms with Gasteiger partial charge in [-0.05, 0) is 17.0 Å². The fourth-order valence-electron chi connectivity index (χ4n) is 2.19. The molecule has 0 radical (unpaired) electrons. The number of nitrogens with zero attached hydrogens (tertiary/aromatic N) is 5. The lowest BCUT2D eigenvalue weighted by atomic mass is 10.2. The van der Waals surface area contributed by atoms with Crippen molar-refractivity contribution >= 4 is 11.6 Å². The second-order valence-corrected chi connectivity index (χ2v) is 5.13. The number of guanidine groups is 1. The number of aliphatic imine (C=N–C) groups is 1. The van der Waals surface area contributed by atoms with Gasteiger partial charge in [0.15, 0.2) is 6.19 Å². The SMILES string of the molecule is N#CNC(=NCCOc1no[n+]([O-])c1-c1ccccc1)Nc1cccnc1. The van der Waals surface area contributed by atoms with Gasteiger partial charge in [0.05, 0.1) is 23.6 Å². The van der Waals surface area contributed by atoms with Gasteiger partial charge in [-0.3, -0.25) is 14.9 Å². The van der Waals surface area contributed by atoms with E-state index in [0.29, 0.717) is 16.2 Å². The van der Waals surface area contributed by atoms with Crippen LogP contribution in [0.2, 0.25) is 0 Å². The van der Waals surface area contributed by atoms with Gasteiger partial charge in [-0.1, -0.05) is 30.3 Å². The van der Waals surface area contributed by atoms with Crippen molar-refractivity contribution in [3.05, 3.63) is 60.1 Å². The average Bonchev–Trinajstić information content (AvgIpc) is 3.07. The third kappa shape index (κ3) is 4.70. The standard InChI is InChI=1S/C17H15N7O3/c18-12-21-17(22-14-7-4-8-19-11-14)20-9-10-26-16-15(24(25)27-23-16)13-5-2-1-3-6-13/h1-8,11H,9-10H2,(H2,20,21,22). The first kappa shape index (κ1) is 17.7. The zero-order valence-electron chi connectivity index (χ0n) is 14.1. The molecule has 3 aromatic rings. The van der Waals surface area contributed by atoms with Crippen LogP contribution >= 0.6 is 0 Å². The van der Waals surface area contributed by atoms with Gasteiger partial charge in [-0.25, -0.2) is 4.99 Å². The zero-order valence-corrected chi connectivity index (χ0v) is 14.1. The fraction of sp³-hybridized carbons (Fsp3) is 0.118. The van der Waals surface area contributed by atoms with Crippen molar-refractivity contribution in [3.63, 3.8) is 0 Å². The van der Waals surface area contributed by atoms with Gasteiger partial charge >= 0.3 is 5.88 Å². The molecule has 0 bridgehead atoms. The van der Waals surface area contributed by atoms with Gasteiger partial charge in [0, 0.05) is 11.8 Å². The monoisotopic (exact) mass is 365 g/mol. The van der Waals surface area contributed by atoms with Gasteiger partial charge in [-0.15, -0.1) is 0 Å². The minimum atomic E-state index is 0.0708. The molecule has 0 saturated carbocycles. The average molecular weight is 365 g/mol. The highest BCUT2D eigenvalue weighted by molar-refractivity contribution is 5.94.